The van der Waals surface area contributed by atoms with Crippen molar-refractivity contribution in [3.63, 3.8) is 0 Å². The van der Waals surface area contributed by atoms with E-state index in [0.29, 0.717) is 12.3 Å². The van der Waals surface area contributed by atoms with Crippen LogP contribution in [0.3, 0.4) is 0 Å². The monoisotopic (exact) mass is 240 g/mol. The standard InChI is InChI=1S/C12H20N2O3/c15-7-4-10-3-6-14(8-10)12(17)9-13-5-1-2-11(13)16/h10,15H,1-9H2. The van der Waals surface area contributed by atoms with Gasteiger partial charge >= 0.3 is 0 Å². The number of likely N-dealkylation sites (tertiary alicyclic amines) is 2. The SMILES string of the molecule is O=C1CCCN1CC(=O)N1CCC(CCO)C1. The molecule has 1 atom stereocenters. The van der Waals surface area contributed by atoms with Gasteiger partial charge in [-0.1, -0.05) is 0 Å². The lowest BCUT2D eigenvalue weighted by Gasteiger charge is -2.21. The largest absolute Gasteiger partial charge is 0.396 e. The minimum absolute atomic E-state index is 0.0562. The normalized spacial score (nSPS) is 24.8. The third-order valence-electron chi connectivity index (χ3n) is 3.67. The van der Waals surface area contributed by atoms with Crippen LogP contribution >= 0.6 is 0 Å². The average Bonchev–Trinajstić information content (AvgIpc) is 2.90. The van der Waals surface area contributed by atoms with Crippen LogP contribution in [0.15, 0.2) is 0 Å². The van der Waals surface area contributed by atoms with E-state index in [1.807, 2.05) is 4.90 Å². The zero-order valence-corrected chi connectivity index (χ0v) is 10.1. The molecule has 0 aromatic rings. The average molecular weight is 240 g/mol. The molecule has 0 saturated carbocycles. The van der Waals surface area contributed by atoms with E-state index in [-0.39, 0.29) is 25.0 Å². The van der Waals surface area contributed by atoms with Gasteiger partial charge in [0.1, 0.15) is 0 Å². The van der Waals surface area contributed by atoms with Gasteiger partial charge in [0, 0.05) is 32.7 Å². The van der Waals surface area contributed by atoms with Crippen molar-refractivity contribution in [2.45, 2.75) is 25.7 Å². The van der Waals surface area contributed by atoms with Gasteiger partial charge in [-0.05, 0) is 25.2 Å². The first-order chi connectivity index (χ1) is 8.20. The molecule has 0 spiro atoms. The van der Waals surface area contributed by atoms with E-state index in [4.69, 9.17) is 5.11 Å². The van der Waals surface area contributed by atoms with Gasteiger partial charge < -0.3 is 14.9 Å². The molecule has 1 N–H and O–H groups in total. The summed E-state index contributed by atoms with van der Waals surface area (Å²) in [5.41, 5.74) is 0. The molecule has 2 heterocycles. The first-order valence-corrected chi connectivity index (χ1v) is 6.37. The summed E-state index contributed by atoms with van der Waals surface area (Å²) in [4.78, 5) is 26.9. The number of hydrogen-bond donors (Lipinski definition) is 1. The molecule has 0 bridgehead atoms. The summed E-state index contributed by atoms with van der Waals surface area (Å²) in [5, 5.41) is 8.86. The van der Waals surface area contributed by atoms with Crippen molar-refractivity contribution < 1.29 is 14.7 Å². The van der Waals surface area contributed by atoms with Crippen LogP contribution in [0.2, 0.25) is 0 Å². The second kappa shape index (κ2) is 5.49. The minimum atomic E-state index is 0.0562. The van der Waals surface area contributed by atoms with Crippen LogP contribution in [0.25, 0.3) is 0 Å². The van der Waals surface area contributed by atoms with Crippen molar-refractivity contribution in [1.82, 2.24) is 9.80 Å². The Morgan fingerprint density at radius 3 is 2.88 bits per heavy atom. The first-order valence-electron chi connectivity index (χ1n) is 6.37. The van der Waals surface area contributed by atoms with Crippen LogP contribution in [0.1, 0.15) is 25.7 Å². The number of nitrogens with zero attached hydrogens (tertiary/aromatic N) is 2. The Kier molecular flexibility index (Phi) is 3.99. The molecule has 17 heavy (non-hydrogen) atoms. The number of rotatable bonds is 4. The van der Waals surface area contributed by atoms with E-state index >= 15 is 0 Å². The maximum absolute atomic E-state index is 12.0. The number of hydrogen-bond acceptors (Lipinski definition) is 3. The quantitative estimate of drug-likeness (QED) is 0.743. The highest BCUT2D eigenvalue weighted by atomic mass is 16.3. The Balaban J connectivity index is 1.79. The van der Waals surface area contributed by atoms with Crippen LogP contribution < -0.4 is 0 Å². The summed E-state index contributed by atoms with van der Waals surface area (Å²) in [6, 6.07) is 0. The predicted molar refractivity (Wildman–Crippen MR) is 62.2 cm³/mol. The Hall–Kier alpha value is -1.10. The molecule has 1 unspecified atom stereocenters. The second-order valence-electron chi connectivity index (χ2n) is 4.93. The van der Waals surface area contributed by atoms with Crippen molar-refractivity contribution in [1.29, 1.82) is 0 Å². The number of aliphatic hydroxyl groups is 1. The molecule has 2 saturated heterocycles. The molecule has 2 rings (SSSR count). The van der Waals surface area contributed by atoms with E-state index in [1.54, 1.807) is 4.90 Å². The number of amides is 2. The molecule has 0 aromatic heterocycles. The number of aliphatic hydroxyl groups excluding tert-OH is 1. The third-order valence-corrected chi connectivity index (χ3v) is 3.67. The molecule has 5 heteroatoms. The van der Waals surface area contributed by atoms with Crippen molar-refractivity contribution in [2.24, 2.45) is 5.92 Å². The van der Waals surface area contributed by atoms with Gasteiger partial charge in [0.25, 0.3) is 0 Å². The molecule has 0 aromatic carbocycles. The molecule has 5 nitrogen and oxygen atoms in total. The van der Waals surface area contributed by atoms with Gasteiger partial charge in [-0.3, -0.25) is 9.59 Å². The summed E-state index contributed by atoms with van der Waals surface area (Å²) in [6.45, 7) is 2.66. The summed E-state index contributed by atoms with van der Waals surface area (Å²) in [6.07, 6.45) is 3.20. The van der Waals surface area contributed by atoms with Gasteiger partial charge in [-0.2, -0.15) is 0 Å². The number of carbonyl (C=O) groups excluding carboxylic acids is 2. The molecule has 0 aliphatic carbocycles. The summed E-state index contributed by atoms with van der Waals surface area (Å²) in [5.74, 6) is 0.586. The fraction of sp³-hybridized carbons (Fsp3) is 0.833. The molecule has 2 aliphatic rings. The van der Waals surface area contributed by atoms with Crippen LogP contribution in [-0.4, -0.2) is 59.5 Å². The van der Waals surface area contributed by atoms with Gasteiger partial charge in [0.15, 0.2) is 0 Å². The van der Waals surface area contributed by atoms with Gasteiger partial charge in [-0.15, -0.1) is 0 Å². The van der Waals surface area contributed by atoms with E-state index < -0.39 is 0 Å². The Labute approximate surface area is 101 Å². The van der Waals surface area contributed by atoms with E-state index in [9.17, 15) is 9.59 Å². The van der Waals surface area contributed by atoms with E-state index in [0.717, 1.165) is 38.9 Å². The van der Waals surface area contributed by atoms with Crippen LogP contribution in [0.4, 0.5) is 0 Å². The fourth-order valence-electron chi connectivity index (χ4n) is 2.61. The Morgan fingerprint density at radius 1 is 1.41 bits per heavy atom. The van der Waals surface area contributed by atoms with Crippen molar-refractivity contribution >= 4 is 11.8 Å². The molecule has 2 amide bonds. The van der Waals surface area contributed by atoms with Crippen LogP contribution in [-0.2, 0) is 9.59 Å². The predicted octanol–water partition coefficient (Wildman–Crippen LogP) is -0.160. The van der Waals surface area contributed by atoms with Crippen LogP contribution in [0.5, 0.6) is 0 Å². The highest BCUT2D eigenvalue weighted by Gasteiger charge is 2.29. The third kappa shape index (κ3) is 2.97. The number of carbonyl (C=O) groups is 2. The van der Waals surface area contributed by atoms with E-state index in [1.165, 1.54) is 0 Å². The lowest BCUT2D eigenvalue weighted by Crippen LogP contribution is -2.39. The fourth-order valence-corrected chi connectivity index (χ4v) is 2.61. The van der Waals surface area contributed by atoms with Crippen molar-refractivity contribution in [2.75, 3.05) is 32.8 Å². The maximum Gasteiger partial charge on any atom is 0.242 e. The molecule has 2 aliphatic heterocycles. The summed E-state index contributed by atoms with van der Waals surface area (Å²) < 4.78 is 0. The van der Waals surface area contributed by atoms with Crippen molar-refractivity contribution in [3.05, 3.63) is 0 Å². The minimum Gasteiger partial charge on any atom is -0.396 e. The zero-order chi connectivity index (χ0) is 12.3. The van der Waals surface area contributed by atoms with Gasteiger partial charge in [0.2, 0.25) is 11.8 Å². The highest BCUT2D eigenvalue weighted by Crippen LogP contribution is 2.20. The molecule has 2 fully saturated rings. The van der Waals surface area contributed by atoms with Crippen LogP contribution in [0, 0.1) is 5.92 Å². The zero-order valence-electron chi connectivity index (χ0n) is 10.1. The highest BCUT2D eigenvalue weighted by molar-refractivity contribution is 5.86. The molecular formula is C12H20N2O3. The summed E-state index contributed by atoms with van der Waals surface area (Å²) in [7, 11) is 0. The molecule has 0 radical (unpaired) electrons. The summed E-state index contributed by atoms with van der Waals surface area (Å²) >= 11 is 0. The molecule has 96 valence electrons. The lowest BCUT2D eigenvalue weighted by molar-refractivity contribution is -0.137. The van der Waals surface area contributed by atoms with Gasteiger partial charge in [0.05, 0.1) is 6.54 Å². The van der Waals surface area contributed by atoms with Gasteiger partial charge in [-0.25, -0.2) is 0 Å². The van der Waals surface area contributed by atoms with E-state index in [2.05, 4.69) is 0 Å². The smallest absolute Gasteiger partial charge is 0.242 e. The lowest BCUT2D eigenvalue weighted by atomic mass is 10.1. The topological polar surface area (TPSA) is 60.9 Å². The molecular weight excluding hydrogens is 220 g/mol. The first kappa shape index (κ1) is 12.4. The second-order valence-corrected chi connectivity index (χ2v) is 4.93. The Morgan fingerprint density at radius 2 is 2.24 bits per heavy atom. The van der Waals surface area contributed by atoms with Crippen molar-refractivity contribution in [3.8, 4) is 0 Å². The maximum atomic E-state index is 12.0. The Bertz CT molecular complexity index is 306.